The summed E-state index contributed by atoms with van der Waals surface area (Å²) in [5.41, 5.74) is 0.565. The van der Waals surface area contributed by atoms with Crippen molar-refractivity contribution in [3.63, 3.8) is 0 Å². The van der Waals surface area contributed by atoms with Crippen molar-refractivity contribution in [1.82, 2.24) is 5.32 Å². The molecule has 1 aromatic carbocycles. The first kappa shape index (κ1) is 16.2. The Labute approximate surface area is 132 Å². The molecule has 0 aliphatic heterocycles. The van der Waals surface area contributed by atoms with Crippen molar-refractivity contribution in [2.45, 2.75) is 38.6 Å². The number of terminal acetylenes is 1. The number of nitrogens with one attached hydrogen (secondary N) is 1. The maximum Gasteiger partial charge on any atom is 0.251 e. The summed E-state index contributed by atoms with van der Waals surface area (Å²) in [6.07, 6.45) is 10.1. The van der Waals surface area contributed by atoms with Crippen molar-refractivity contribution in [1.29, 1.82) is 0 Å². The SMILES string of the molecule is C#CCOc1ccc(C(=O)NC(C)C2CCCC2)cc1OC. The minimum atomic E-state index is -0.0822. The van der Waals surface area contributed by atoms with E-state index in [-0.39, 0.29) is 18.6 Å². The van der Waals surface area contributed by atoms with Crippen molar-refractivity contribution in [2.24, 2.45) is 5.92 Å². The van der Waals surface area contributed by atoms with Crippen molar-refractivity contribution in [3.8, 4) is 23.8 Å². The van der Waals surface area contributed by atoms with Crippen LogP contribution in [0.1, 0.15) is 43.0 Å². The fourth-order valence-electron chi connectivity index (χ4n) is 2.91. The quantitative estimate of drug-likeness (QED) is 0.822. The smallest absolute Gasteiger partial charge is 0.251 e. The Morgan fingerprint density at radius 1 is 1.41 bits per heavy atom. The number of carbonyl (C=O) groups excluding carboxylic acids is 1. The molecule has 0 heterocycles. The number of ether oxygens (including phenoxy) is 2. The van der Waals surface area contributed by atoms with Gasteiger partial charge in [-0.25, -0.2) is 0 Å². The van der Waals surface area contributed by atoms with Crippen LogP contribution in [0.5, 0.6) is 11.5 Å². The summed E-state index contributed by atoms with van der Waals surface area (Å²) in [5.74, 6) is 3.96. The Balaban J connectivity index is 2.04. The molecule has 0 bridgehead atoms. The molecule has 0 radical (unpaired) electrons. The first-order chi connectivity index (χ1) is 10.7. The number of benzene rings is 1. The van der Waals surface area contributed by atoms with Gasteiger partial charge < -0.3 is 14.8 Å². The van der Waals surface area contributed by atoms with Gasteiger partial charge in [0.05, 0.1) is 7.11 Å². The molecule has 118 valence electrons. The Morgan fingerprint density at radius 2 is 2.14 bits per heavy atom. The maximum atomic E-state index is 12.4. The molecule has 1 atom stereocenters. The molecule has 4 nitrogen and oxygen atoms in total. The summed E-state index contributed by atoms with van der Waals surface area (Å²) in [7, 11) is 1.54. The van der Waals surface area contributed by atoms with Gasteiger partial charge in [-0.2, -0.15) is 0 Å². The number of carbonyl (C=O) groups is 1. The van der Waals surface area contributed by atoms with Crippen molar-refractivity contribution in [3.05, 3.63) is 23.8 Å². The Bertz CT molecular complexity index is 556. The zero-order valence-corrected chi connectivity index (χ0v) is 13.2. The van der Waals surface area contributed by atoms with Gasteiger partial charge >= 0.3 is 0 Å². The van der Waals surface area contributed by atoms with Gasteiger partial charge in [0.25, 0.3) is 5.91 Å². The van der Waals surface area contributed by atoms with E-state index in [1.165, 1.54) is 25.7 Å². The lowest BCUT2D eigenvalue weighted by molar-refractivity contribution is 0.0927. The van der Waals surface area contributed by atoms with Gasteiger partial charge in [-0.1, -0.05) is 18.8 Å². The molecular formula is C18H23NO3. The summed E-state index contributed by atoms with van der Waals surface area (Å²) in [5, 5.41) is 3.08. The van der Waals surface area contributed by atoms with E-state index in [9.17, 15) is 4.79 Å². The van der Waals surface area contributed by atoms with Crippen LogP contribution < -0.4 is 14.8 Å². The van der Waals surface area contributed by atoms with E-state index in [0.29, 0.717) is 23.0 Å². The lowest BCUT2D eigenvalue weighted by atomic mass is 9.99. The van der Waals surface area contributed by atoms with Gasteiger partial charge in [0.15, 0.2) is 11.5 Å². The second-order valence-electron chi connectivity index (χ2n) is 5.67. The first-order valence-corrected chi connectivity index (χ1v) is 7.71. The van der Waals surface area contributed by atoms with Gasteiger partial charge in [-0.15, -0.1) is 6.42 Å². The summed E-state index contributed by atoms with van der Waals surface area (Å²) < 4.78 is 10.6. The average Bonchev–Trinajstić information content (AvgIpc) is 3.07. The predicted octanol–water partition coefficient (Wildman–Crippen LogP) is 3.02. The highest BCUT2D eigenvalue weighted by molar-refractivity contribution is 5.95. The van der Waals surface area contributed by atoms with E-state index in [1.54, 1.807) is 25.3 Å². The lowest BCUT2D eigenvalue weighted by Gasteiger charge is -2.20. The lowest BCUT2D eigenvalue weighted by Crippen LogP contribution is -2.37. The minimum Gasteiger partial charge on any atom is -0.493 e. The van der Waals surface area contributed by atoms with E-state index < -0.39 is 0 Å². The highest BCUT2D eigenvalue weighted by Crippen LogP contribution is 2.29. The van der Waals surface area contributed by atoms with Crippen LogP contribution in [0.3, 0.4) is 0 Å². The largest absolute Gasteiger partial charge is 0.493 e. The van der Waals surface area contributed by atoms with Crippen LogP contribution in [0.4, 0.5) is 0 Å². The topological polar surface area (TPSA) is 47.6 Å². The second kappa shape index (κ2) is 7.74. The summed E-state index contributed by atoms with van der Waals surface area (Å²) in [4.78, 5) is 12.4. The normalized spacial score (nSPS) is 15.9. The Hall–Kier alpha value is -2.15. The van der Waals surface area contributed by atoms with Gasteiger partial charge in [0, 0.05) is 11.6 Å². The van der Waals surface area contributed by atoms with Crippen LogP contribution in [-0.4, -0.2) is 25.7 Å². The van der Waals surface area contributed by atoms with Crippen molar-refractivity contribution in [2.75, 3.05) is 13.7 Å². The van der Waals surface area contributed by atoms with E-state index in [1.807, 2.05) is 0 Å². The molecule has 1 saturated carbocycles. The molecular weight excluding hydrogens is 278 g/mol. The molecule has 22 heavy (non-hydrogen) atoms. The number of hydrogen-bond donors (Lipinski definition) is 1. The van der Waals surface area contributed by atoms with E-state index in [0.717, 1.165) is 0 Å². The van der Waals surface area contributed by atoms with Crippen molar-refractivity contribution >= 4 is 5.91 Å². The Kier molecular flexibility index (Phi) is 5.71. The van der Waals surface area contributed by atoms with Crippen LogP contribution in [0, 0.1) is 18.3 Å². The molecule has 0 saturated heterocycles. The second-order valence-corrected chi connectivity index (χ2v) is 5.67. The third-order valence-corrected chi connectivity index (χ3v) is 4.20. The zero-order chi connectivity index (χ0) is 15.9. The van der Waals surface area contributed by atoms with Gasteiger partial charge in [0.2, 0.25) is 0 Å². The summed E-state index contributed by atoms with van der Waals surface area (Å²) in [6.45, 7) is 2.25. The fraction of sp³-hybridized carbons (Fsp3) is 0.500. The fourth-order valence-corrected chi connectivity index (χ4v) is 2.91. The zero-order valence-electron chi connectivity index (χ0n) is 13.2. The predicted molar refractivity (Wildman–Crippen MR) is 86.2 cm³/mol. The third-order valence-electron chi connectivity index (χ3n) is 4.20. The number of rotatable bonds is 6. The van der Waals surface area contributed by atoms with Crippen LogP contribution in [0.25, 0.3) is 0 Å². The van der Waals surface area contributed by atoms with Gasteiger partial charge in [-0.05, 0) is 43.9 Å². The van der Waals surface area contributed by atoms with Crippen molar-refractivity contribution < 1.29 is 14.3 Å². The van der Waals surface area contributed by atoms with Gasteiger partial charge in [0.1, 0.15) is 6.61 Å². The van der Waals surface area contributed by atoms with Crippen LogP contribution in [-0.2, 0) is 0 Å². The van der Waals surface area contributed by atoms with E-state index in [2.05, 4.69) is 18.2 Å². The number of hydrogen-bond acceptors (Lipinski definition) is 3. The molecule has 1 amide bonds. The number of methoxy groups -OCH3 is 1. The van der Waals surface area contributed by atoms with Gasteiger partial charge in [-0.3, -0.25) is 4.79 Å². The average molecular weight is 301 g/mol. The molecule has 1 aliphatic carbocycles. The van der Waals surface area contributed by atoms with E-state index in [4.69, 9.17) is 15.9 Å². The number of amides is 1. The minimum absolute atomic E-state index is 0.0822. The molecule has 1 aromatic rings. The van der Waals surface area contributed by atoms with Crippen LogP contribution in [0.2, 0.25) is 0 Å². The molecule has 0 spiro atoms. The van der Waals surface area contributed by atoms with Crippen LogP contribution >= 0.6 is 0 Å². The first-order valence-electron chi connectivity index (χ1n) is 7.71. The molecule has 1 N–H and O–H groups in total. The highest BCUT2D eigenvalue weighted by Gasteiger charge is 2.23. The molecule has 1 unspecified atom stereocenters. The van der Waals surface area contributed by atoms with E-state index >= 15 is 0 Å². The molecule has 0 aromatic heterocycles. The standard InChI is InChI=1S/C18H23NO3/c1-4-11-22-16-10-9-15(12-17(16)21-3)18(20)19-13(2)14-7-5-6-8-14/h1,9-10,12-14H,5-8,11H2,2-3H3,(H,19,20). The summed E-state index contributed by atoms with van der Waals surface area (Å²) >= 11 is 0. The maximum absolute atomic E-state index is 12.4. The third kappa shape index (κ3) is 3.94. The molecule has 1 aliphatic rings. The molecule has 4 heteroatoms. The monoisotopic (exact) mass is 301 g/mol. The highest BCUT2D eigenvalue weighted by atomic mass is 16.5. The molecule has 1 fully saturated rings. The Morgan fingerprint density at radius 3 is 2.77 bits per heavy atom. The van der Waals surface area contributed by atoms with Crippen LogP contribution in [0.15, 0.2) is 18.2 Å². The molecule has 2 rings (SSSR count). The summed E-state index contributed by atoms with van der Waals surface area (Å²) in [6, 6.07) is 5.32.